The summed E-state index contributed by atoms with van der Waals surface area (Å²) in [5.41, 5.74) is 1.85. The zero-order chi connectivity index (χ0) is 30.6. The second-order valence-corrected chi connectivity index (χ2v) is 11.4. The SMILES string of the molecule is COc1cc(CC(=O)N(CCOc2ccc(C(=O)O)cc2)CCN2CCSCC2)ccc1NC(=O)Nc1ccccc1Cl. The maximum Gasteiger partial charge on any atom is 0.335 e. The van der Waals surface area contributed by atoms with E-state index in [4.69, 9.17) is 26.2 Å². The summed E-state index contributed by atoms with van der Waals surface area (Å²) < 4.78 is 11.3. The van der Waals surface area contributed by atoms with Gasteiger partial charge in [0.25, 0.3) is 0 Å². The number of carbonyl (C=O) groups excluding carboxylic acids is 2. The second kappa shape index (κ2) is 16.1. The monoisotopic (exact) mass is 626 g/mol. The van der Waals surface area contributed by atoms with E-state index >= 15 is 0 Å². The lowest BCUT2D eigenvalue weighted by atomic mass is 10.1. The number of carbonyl (C=O) groups is 3. The first-order valence-corrected chi connectivity index (χ1v) is 15.4. The third-order valence-electron chi connectivity index (χ3n) is 6.87. The Labute approximate surface area is 260 Å². The number of halogens is 1. The van der Waals surface area contributed by atoms with E-state index in [0.29, 0.717) is 41.0 Å². The number of anilines is 2. The average Bonchev–Trinajstić information content (AvgIpc) is 3.01. The zero-order valence-electron chi connectivity index (χ0n) is 23.9. The first-order chi connectivity index (χ1) is 20.8. The largest absolute Gasteiger partial charge is 0.495 e. The molecule has 3 N–H and O–H groups in total. The van der Waals surface area contributed by atoms with Crippen molar-refractivity contribution in [2.45, 2.75) is 6.42 Å². The maximum atomic E-state index is 13.5. The molecule has 1 saturated heterocycles. The molecule has 0 aromatic heterocycles. The average molecular weight is 627 g/mol. The molecule has 3 amide bonds. The fourth-order valence-corrected chi connectivity index (χ4v) is 5.65. The van der Waals surface area contributed by atoms with E-state index in [0.717, 1.165) is 36.7 Å². The van der Waals surface area contributed by atoms with Crippen LogP contribution in [-0.4, -0.2) is 90.8 Å². The molecule has 0 atom stereocenters. The molecule has 0 bridgehead atoms. The Balaban J connectivity index is 1.38. The lowest BCUT2D eigenvalue weighted by Crippen LogP contribution is -2.43. The van der Waals surface area contributed by atoms with Crippen molar-refractivity contribution < 1.29 is 29.0 Å². The number of thioether (sulfide) groups is 1. The summed E-state index contributed by atoms with van der Waals surface area (Å²) in [5, 5.41) is 15.0. The highest BCUT2D eigenvalue weighted by Crippen LogP contribution is 2.27. The predicted molar refractivity (Wildman–Crippen MR) is 170 cm³/mol. The van der Waals surface area contributed by atoms with Gasteiger partial charge in [-0.3, -0.25) is 9.69 Å². The molecule has 12 heteroatoms. The Bertz CT molecular complexity index is 1400. The molecule has 0 radical (unpaired) electrons. The van der Waals surface area contributed by atoms with Gasteiger partial charge in [-0.1, -0.05) is 29.8 Å². The molecule has 3 aromatic carbocycles. The van der Waals surface area contributed by atoms with Crippen LogP contribution in [-0.2, 0) is 11.2 Å². The fraction of sp³-hybridized carbons (Fsp3) is 0.323. The molecule has 0 spiro atoms. The van der Waals surface area contributed by atoms with Crippen LogP contribution in [0.15, 0.2) is 66.7 Å². The third kappa shape index (κ3) is 9.81. The molecule has 0 unspecified atom stereocenters. The molecule has 43 heavy (non-hydrogen) atoms. The molecule has 0 aliphatic carbocycles. The lowest BCUT2D eigenvalue weighted by Gasteiger charge is -2.30. The number of nitrogens with zero attached hydrogens (tertiary/aromatic N) is 2. The quantitative estimate of drug-likeness (QED) is 0.237. The number of methoxy groups -OCH3 is 1. The smallest absolute Gasteiger partial charge is 0.335 e. The Morgan fingerprint density at radius 1 is 0.977 bits per heavy atom. The minimum atomic E-state index is -1.000. The van der Waals surface area contributed by atoms with Crippen LogP contribution in [0.2, 0.25) is 5.02 Å². The zero-order valence-corrected chi connectivity index (χ0v) is 25.5. The Kier molecular flexibility index (Phi) is 12.0. The van der Waals surface area contributed by atoms with Crippen molar-refractivity contribution in [3.8, 4) is 11.5 Å². The predicted octanol–water partition coefficient (Wildman–Crippen LogP) is 5.19. The number of benzene rings is 3. The molecule has 228 valence electrons. The standard InChI is InChI=1S/C31H35ClN4O6S/c1-41-28-20-22(6-11-27(28)34-31(40)33-26-5-3-2-4-25(26)32)21-29(37)36(13-12-35-15-18-43-19-16-35)14-17-42-24-9-7-23(8-10-24)30(38)39/h2-11,20H,12-19,21H2,1H3,(H,38,39)(H2,33,34,40). The number of hydrogen-bond donors (Lipinski definition) is 3. The summed E-state index contributed by atoms with van der Waals surface area (Å²) in [6, 6.07) is 17.9. The van der Waals surface area contributed by atoms with Crippen LogP contribution in [0.5, 0.6) is 11.5 Å². The number of para-hydroxylation sites is 1. The van der Waals surface area contributed by atoms with Gasteiger partial charge >= 0.3 is 12.0 Å². The van der Waals surface area contributed by atoms with Crippen LogP contribution in [0, 0.1) is 0 Å². The number of ether oxygens (including phenoxy) is 2. The third-order valence-corrected chi connectivity index (χ3v) is 8.14. The summed E-state index contributed by atoms with van der Waals surface area (Å²) in [4.78, 5) is 41.3. The minimum Gasteiger partial charge on any atom is -0.495 e. The van der Waals surface area contributed by atoms with Crippen LogP contribution in [0.1, 0.15) is 15.9 Å². The Morgan fingerprint density at radius 3 is 2.40 bits per heavy atom. The van der Waals surface area contributed by atoms with E-state index < -0.39 is 12.0 Å². The van der Waals surface area contributed by atoms with Gasteiger partial charge in [-0.25, -0.2) is 9.59 Å². The number of urea groups is 1. The number of rotatable bonds is 13. The van der Waals surface area contributed by atoms with Gasteiger partial charge in [-0.2, -0.15) is 11.8 Å². The molecule has 10 nitrogen and oxygen atoms in total. The van der Waals surface area contributed by atoms with Gasteiger partial charge in [0.2, 0.25) is 5.91 Å². The summed E-state index contributed by atoms with van der Waals surface area (Å²) in [5.74, 6) is 2.07. The Morgan fingerprint density at radius 2 is 1.70 bits per heavy atom. The minimum absolute atomic E-state index is 0.0598. The number of carboxylic acid groups (broad SMARTS) is 1. The summed E-state index contributed by atoms with van der Waals surface area (Å²) in [7, 11) is 1.50. The molecule has 3 aromatic rings. The van der Waals surface area contributed by atoms with Crippen LogP contribution >= 0.6 is 23.4 Å². The van der Waals surface area contributed by atoms with Crippen molar-refractivity contribution in [2.75, 3.05) is 68.6 Å². The maximum absolute atomic E-state index is 13.5. The normalized spacial score (nSPS) is 13.2. The van der Waals surface area contributed by atoms with E-state index in [-0.39, 0.29) is 24.5 Å². The molecule has 1 fully saturated rings. The van der Waals surface area contributed by atoms with E-state index in [1.54, 1.807) is 59.5 Å². The molecule has 1 heterocycles. The second-order valence-electron chi connectivity index (χ2n) is 9.78. The number of aromatic carboxylic acids is 1. The van der Waals surface area contributed by atoms with Crippen LogP contribution in [0.3, 0.4) is 0 Å². The number of nitrogens with one attached hydrogen (secondary N) is 2. The fourth-order valence-electron chi connectivity index (χ4n) is 4.49. The van der Waals surface area contributed by atoms with Gasteiger partial charge in [0.1, 0.15) is 18.1 Å². The molecule has 1 aliphatic rings. The van der Waals surface area contributed by atoms with Gasteiger partial charge in [0, 0.05) is 37.7 Å². The number of carboxylic acids is 1. The lowest BCUT2D eigenvalue weighted by molar-refractivity contribution is -0.131. The van der Waals surface area contributed by atoms with E-state index in [9.17, 15) is 14.4 Å². The van der Waals surface area contributed by atoms with Crippen LogP contribution < -0.4 is 20.1 Å². The van der Waals surface area contributed by atoms with E-state index in [1.807, 2.05) is 11.8 Å². The molecular formula is C31H35ClN4O6S. The van der Waals surface area contributed by atoms with Crippen LogP contribution in [0.25, 0.3) is 0 Å². The van der Waals surface area contributed by atoms with Gasteiger partial charge in [-0.05, 0) is 54.1 Å². The highest BCUT2D eigenvalue weighted by Gasteiger charge is 2.19. The van der Waals surface area contributed by atoms with Gasteiger partial charge in [0.05, 0.1) is 42.0 Å². The number of amides is 3. The van der Waals surface area contributed by atoms with Crippen molar-refractivity contribution in [1.82, 2.24) is 9.80 Å². The van der Waals surface area contributed by atoms with Crippen molar-refractivity contribution in [1.29, 1.82) is 0 Å². The molecular weight excluding hydrogens is 592 g/mol. The summed E-state index contributed by atoms with van der Waals surface area (Å²) in [6.45, 7) is 3.96. The van der Waals surface area contributed by atoms with Gasteiger partial charge in [0.15, 0.2) is 0 Å². The van der Waals surface area contributed by atoms with Crippen molar-refractivity contribution in [3.05, 3.63) is 82.9 Å². The van der Waals surface area contributed by atoms with Gasteiger partial charge < -0.3 is 30.1 Å². The van der Waals surface area contributed by atoms with Crippen LogP contribution in [0.4, 0.5) is 16.2 Å². The van der Waals surface area contributed by atoms with Gasteiger partial charge in [-0.15, -0.1) is 0 Å². The van der Waals surface area contributed by atoms with E-state index in [2.05, 4.69) is 15.5 Å². The number of hydrogen-bond acceptors (Lipinski definition) is 7. The topological polar surface area (TPSA) is 120 Å². The molecule has 4 rings (SSSR count). The molecule has 1 aliphatic heterocycles. The molecule has 0 saturated carbocycles. The van der Waals surface area contributed by atoms with Crippen molar-refractivity contribution in [3.63, 3.8) is 0 Å². The van der Waals surface area contributed by atoms with E-state index in [1.165, 1.54) is 19.2 Å². The summed E-state index contributed by atoms with van der Waals surface area (Å²) in [6.07, 6.45) is 0.144. The first-order valence-electron chi connectivity index (χ1n) is 13.9. The highest BCUT2D eigenvalue weighted by atomic mass is 35.5. The first kappa shape index (κ1) is 32.0. The van der Waals surface area contributed by atoms with Crippen molar-refractivity contribution in [2.24, 2.45) is 0 Å². The van der Waals surface area contributed by atoms with Crippen molar-refractivity contribution >= 4 is 52.6 Å². The highest BCUT2D eigenvalue weighted by molar-refractivity contribution is 7.99. The Hall–Kier alpha value is -3.93. The summed E-state index contributed by atoms with van der Waals surface area (Å²) >= 11 is 8.07.